The fourth-order valence-corrected chi connectivity index (χ4v) is 4.62. The number of imidazole rings is 1. The second-order valence-electron chi connectivity index (χ2n) is 7.88. The van der Waals surface area contributed by atoms with Crippen molar-refractivity contribution >= 4 is 52.2 Å². The van der Waals surface area contributed by atoms with E-state index in [1.165, 1.54) is 24.3 Å². The second kappa shape index (κ2) is 14.1. The van der Waals surface area contributed by atoms with Gasteiger partial charge < -0.3 is 22.6 Å². The minimum Gasteiger partial charge on any atom is -1.00 e. The molecule has 0 fully saturated rings. The van der Waals surface area contributed by atoms with E-state index in [-0.39, 0.29) is 42.6 Å². The van der Waals surface area contributed by atoms with E-state index in [0.717, 1.165) is 5.56 Å². The lowest BCUT2D eigenvalue weighted by atomic mass is 10.1. The van der Waals surface area contributed by atoms with Gasteiger partial charge in [-0.3, -0.25) is 4.79 Å². The predicted octanol–water partition coefficient (Wildman–Crippen LogP) is 3.55. The third-order valence-electron chi connectivity index (χ3n) is 5.42. The molecule has 1 heterocycles. The van der Waals surface area contributed by atoms with Gasteiger partial charge >= 0.3 is 0 Å². The van der Waals surface area contributed by atoms with Crippen molar-refractivity contribution in [2.24, 2.45) is 0 Å². The van der Waals surface area contributed by atoms with Crippen molar-refractivity contribution in [3.8, 4) is 0 Å². The van der Waals surface area contributed by atoms with Crippen molar-refractivity contribution in [2.75, 3.05) is 0 Å². The summed E-state index contributed by atoms with van der Waals surface area (Å²) in [7, 11) is 0. The Labute approximate surface area is 240 Å². The molecular formula is C26H22Cl5FN2O3. The van der Waals surface area contributed by atoms with Gasteiger partial charge in [-0.05, 0) is 48.5 Å². The Hall–Kier alpha value is -2.16. The van der Waals surface area contributed by atoms with Crippen LogP contribution in [-0.2, 0) is 24.4 Å². The smallest absolute Gasteiger partial charge is 0.244 e. The molecule has 37 heavy (non-hydrogen) atoms. The summed E-state index contributed by atoms with van der Waals surface area (Å²) in [5.74, 6) is -0.514. The zero-order chi connectivity index (χ0) is 24.9. The first-order valence-electron chi connectivity index (χ1n) is 10.6. The van der Waals surface area contributed by atoms with Crippen LogP contribution < -0.4 is 17.0 Å². The Morgan fingerprint density at radius 1 is 0.973 bits per heavy atom. The zero-order valence-electron chi connectivity index (χ0n) is 19.2. The molecule has 0 saturated carbocycles. The Morgan fingerprint density at radius 2 is 1.65 bits per heavy atom. The number of carbonyl (C=O) groups is 1. The number of halogens is 6. The number of carbonyl (C=O) groups excluding carboxylic acids is 1. The molecule has 0 saturated heterocycles. The van der Waals surface area contributed by atoms with Gasteiger partial charge in [0.15, 0.2) is 6.54 Å². The van der Waals surface area contributed by atoms with Gasteiger partial charge in [-0.2, -0.15) is 0 Å². The molecule has 0 aliphatic heterocycles. The Kier molecular flexibility index (Phi) is 11.9. The summed E-state index contributed by atoms with van der Waals surface area (Å²) in [5.41, 5.74) is 1.87. The standard InChI is InChI=1S/C26H20Cl4FN2O2.ClH.H2O/c27-18-6-9-20(24(30)12-18)26(35-15-21-22(28)2-1-3-23(21)29)14-33-11-10-32(16-33)13-25(34)17-4-7-19(31)8-5-17;;/h1-12,16,26H,13-15H2;1H;1H2/q+1;;/p-1. The Balaban J connectivity index is 0.00000241. The largest absolute Gasteiger partial charge is 1.00 e. The van der Waals surface area contributed by atoms with Crippen LogP contribution >= 0.6 is 46.4 Å². The van der Waals surface area contributed by atoms with E-state index < -0.39 is 6.10 Å². The molecule has 0 amide bonds. The highest BCUT2D eigenvalue weighted by atomic mass is 35.5. The van der Waals surface area contributed by atoms with E-state index in [9.17, 15) is 9.18 Å². The minimum atomic E-state index is -0.458. The number of ether oxygens (including phenoxy) is 1. The van der Waals surface area contributed by atoms with Gasteiger partial charge in [0.2, 0.25) is 12.1 Å². The van der Waals surface area contributed by atoms with Crippen LogP contribution in [0.3, 0.4) is 0 Å². The van der Waals surface area contributed by atoms with E-state index in [1.807, 2.05) is 16.8 Å². The van der Waals surface area contributed by atoms with Crippen LogP contribution in [0.1, 0.15) is 27.6 Å². The summed E-state index contributed by atoms with van der Waals surface area (Å²) < 4.78 is 23.0. The van der Waals surface area contributed by atoms with Gasteiger partial charge in [0, 0.05) is 36.8 Å². The van der Waals surface area contributed by atoms with Crippen LogP contribution in [0.15, 0.2) is 79.4 Å². The first kappa shape index (κ1) is 31.1. The van der Waals surface area contributed by atoms with Crippen molar-refractivity contribution in [1.29, 1.82) is 0 Å². The number of aromatic nitrogens is 2. The normalized spacial score (nSPS) is 11.4. The van der Waals surface area contributed by atoms with Crippen molar-refractivity contribution in [1.82, 2.24) is 4.57 Å². The molecule has 196 valence electrons. The van der Waals surface area contributed by atoms with Gasteiger partial charge in [0.1, 0.15) is 30.9 Å². The summed E-state index contributed by atoms with van der Waals surface area (Å²) in [6.07, 6.45) is 4.96. The number of Topliss-reactive ketones (excluding diaryl/α,β-unsaturated/α-hetero) is 1. The fraction of sp³-hybridized carbons (Fsp3) is 0.154. The molecule has 2 N–H and O–H groups in total. The average molecular weight is 607 g/mol. The van der Waals surface area contributed by atoms with Crippen molar-refractivity contribution in [2.45, 2.75) is 25.8 Å². The van der Waals surface area contributed by atoms with Gasteiger partial charge in [-0.15, -0.1) is 0 Å². The van der Waals surface area contributed by atoms with Gasteiger partial charge in [0.25, 0.3) is 0 Å². The monoisotopic (exact) mass is 604 g/mol. The van der Waals surface area contributed by atoms with E-state index in [1.54, 1.807) is 47.4 Å². The Bertz CT molecular complexity index is 1330. The molecule has 5 nitrogen and oxygen atoms in total. The van der Waals surface area contributed by atoms with E-state index >= 15 is 0 Å². The molecule has 0 aliphatic carbocycles. The quantitative estimate of drug-likeness (QED) is 0.216. The molecule has 11 heteroatoms. The highest BCUT2D eigenvalue weighted by molar-refractivity contribution is 6.36. The highest BCUT2D eigenvalue weighted by Gasteiger charge is 2.21. The van der Waals surface area contributed by atoms with Crippen molar-refractivity contribution < 1.29 is 36.4 Å². The zero-order valence-corrected chi connectivity index (χ0v) is 23.0. The molecule has 4 aromatic rings. The first-order valence-corrected chi connectivity index (χ1v) is 12.1. The maximum Gasteiger partial charge on any atom is 0.244 e. The SMILES string of the molecule is O.O=C(C[n+]1ccn(CC(OCc2c(Cl)cccc2Cl)c2ccc(Cl)cc2Cl)c1)c1ccc(F)cc1.[Cl-]. The molecule has 3 aromatic carbocycles. The van der Waals surface area contributed by atoms with Crippen LogP contribution in [0, 0.1) is 5.82 Å². The van der Waals surface area contributed by atoms with Crippen LogP contribution in [0.2, 0.25) is 20.1 Å². The maximum absolute atomic E-state index is 13.1. The van der Waals surface area contributed by atoms with Gasteiger partial charge in [-0.1, -0.05) is 58.5 Å². The van der Waals surface area contributed by atoms with E-state index in [0.29, 0.717) is 37.8 Å². The number of rotatable bonds is 9. The predicted molar refractivity (Wildman–Crippen MR) is 139 cm³/mol. The summed E-state index contributed by atoms with van der Waals surface area (Å²) in [6.45, 7) is 0.689. The van der Waals surface area contributed by atoms with Crippen LogP contribution in [-0.4, -0.2) is 15.8 Å². The minimum absolute atomic E-state index is 0. The van der Waals surface area contributed by atoms with Gasteiger partial charge in [-0.25, -0.2) is 13.5 Å². The van der Waals surface area contributed by atoms with Crippen molar-refractivity contribution in [3.63, 3.8) is 0 Å². The number of nitrogens with zero attached hydrogens (tertiary/aromatic N) is 2. The summed E-state index contributed by atoms with van der Waals surface area (Å²) in [6, 6.07) is 16.0. The topological polar surface area (TPSA) is 66.6 Å². The number of hydrogen-bond donors (Lipinski definition) is 0. The molecule has 0 spiro atoms. The molecule has 0 radical (unpaired) electrons. The van der Waals surface area contributed by atoms with Crippen LogP contribution in [0.4, 0.5) is 4.39 Å². The second-order valence-corrected chi connectivity index (χ2v) is 9.54. The molecule has 1 unspecified atom stereocenters. The molecule has 0 bridgehead atoms. The molecular weight excluding hydrogens is 585 g/mol. The molecule has 0 aliphatic rings. The van der Waals surface area contributed by atoms with Crippen LogP contribution in [0.5, 0.6) is 0 Å². The first-order chi connectivity index (χ1) is 16.8. The van der Waals surface area contributed by atoms with Gasteiger partial charge in [0.05, 0.1) is 6.61 Å². The van der Waals surface area contributed by atoms with E-state index in [4.69, 9.17) is 51.1 Å². The maximum atomic E-state index is 13.1. The van der Waals surface area contributed by atoms with Crippen LogP contribution in [0.25, 0.3) is 0 Å². The summed E-state index contributed by atoms with van der Waals surface area (Å²) in [4.78, 5) is 12.5. The molecule has 1 atom stereocenters. The number of ketones is 1. The average Bonchev–Trinajstić information content (AvgIpc) is 3.25. The lowest BCUT2D eigenvalue weighted by Gasteiger charge is -2.19. The lowest BCUT2D eigenvalue weighted by Crippen LogP contribution is -3.00. The Morgan fingerprint density at radius 3 is 2.30 bits per heavy atom. The van der Waals surface area contributed by atoms with E-state index in [2.05, 4.69) is 0 Å². The fourth-order valence-electron chi connectivity index (χ4n) is 3.58. The summed E-state index contributed by atoms with van der Waals surface area (Å²) >= 11 is 25.2. The highest BCUT2D eigenvalue weighted by Crippen LogP contribution is 2.32. The van der Waals surface area contributed by atoms with Crippen molar-refractivity contribution in [3.05, 3.63) is 122 Å². The third kappa shape index (κ3) is 8.16. The summed E-state index contributed by atoms with van der Waals surface area (Å²) in [5, 5.41) is 2.01. The third-order valence-corrected chi connectivity index (χ3v) is 6.69. The number of benzene rings is 3. The lowest BCUT2D eigenvalue weighted by molar-refractivity contribution is -0.682. The molecule has 4 rings (SSSR count). The molecule has 1 aromatic heterocycles. The number of hydrogen-bond acceptors (Lipinski definition) is 2.